The van der Waals surface area contributed by atoms with Crippen molar-refractivity contribution in [2.24, 2.45) is 5.92 Å². The van der Waals surface area contributed by atoms with Gasteiger partial charge in [0.15, 0.2) is 0 Å². The smallest absolute Gasteiger partial charge is 0.326 e. The molecule has 2 heterocycles. The number of carbonyl (C=O) groups excluding carboxylic acids is 1. The second kappa shape index (κ2) is 5.36. The minimum atomic E-state index is -0.406. The van der Waals surface area contributed by atoms with Crippen molar-refractivity contribution in [2.75, 3.05) is 33.3 Å². The zero-order valence-corrected chi connectivity index (χ0v) is 11.0. The van der Waals surface area contributed by atoms with Gasteiger partial charge in [0.1, 0.15) is 5.54 Å². The van der Waals surface area contributed by atoms with Crippen molar-refractivity contribution in [2.45, 2.75) is 38.1 Å². The Hall–Kier alpha value is -0.610. The van der Waals surface area contributed by atoms with Gasteiger partial charge in [0.25, 0.3) is 0 Å². The van der Waals surface area contributed by atoms with Gasteiger partial charge in [0, 0.05) is 12.5 Å². The Morgan fingerprint density at radius 1 is 1.53 bits per heavy atom. The molecule has 0 aromatic heterocycles. The monoisotopic (exact) mass is 240 g/mol. The Morgan fingerprint density at radius 2 is 2.35 bits per heavy atom. The largest absolute Gasteiger partial charge is 0.468 e. The number of nitrogens with one attached hydrogen (secondary N) is 1. The van der Waals surface area contributed by atoms with Gasteiger partial charge in [0.05, 0.1) is 7.11 Å². The maximum atomic E-state index is 12.2. The molecule has 1 N–H and O–H groups in total. The number of hydrogen-bond acceptors (Lipinski definition) is 4. The predicted molar refractivity (Wildman–Crippen MR) is 66.8 cm³/mol. The number of nitrogens with zero attached hydrogens (tertiary/aromatic N) is 1. The number of methoxy groups -OCH3 is 1. The van der Waals surface area contributed by atoms with Gasteiger partial charge in [-0.1, -0.05) is 6.92 Å². The number of likely N-dealkylation sites (tertiary alicyclic amines) is 1. The number of piperidine rings is 1. The second-order valence-corrected chi connectivity index (χ2v) is 5.23. The summed E-state index contributed by atoms with van der Waals surface area (Å²) in [6.07, 6.45) is 4.34. The fourth-order valence-electron chi connectivity index (χ4n) is 3.32. The van der Waals surface area contributed by atoms with Crippen molar-refractivity contribution in [1.82, 2.24) is 10.2 Å². The van der Waals surface area contributed by atoms with Gasteiger partial charge in [-0.25, -0.2) is 0 Å². The van der Waals surface area contributed by atoms with Crippen molar-refractivity contribution in [3.8, 4) is 0 Å². The summed E-state index contributed by atoms with van der Waals surface area (Å²) in [5, 5.41) is 3.47. The summed E-state index contributed by atoms with van der Waals surface area (Å²) in [4.78, 5) is 14.6. The number of ether oxygens (including phenoxy) is 1. The molecular weight excluding hydrogens is 216 g/mol. The molecule has 0 amide bonds. The van der Waals surface area contributed by atoms with Gasteiger partial charge in [-0.15, -0.1) is 0 Å². The topological polar surface area (TPSA) is 41.6 Å². The summed E-state index contributed by atoms with van der Waals surface area (Å²) in [5.74, 6) is 0.357. The molecule has 2 rings (SSSR count). The van der Waals surface area contributed by atoms with E-state index in [1.807, 2.05) is 0 Å². The lowest BCUT2D eigenvalue weighted by Gasteiger charge is -2.40. The average Bonchev–Trinajstić information content (AvgIpc) is 2.87. The molecule has 2 atom stereocenters. The van der Waals surface area contributed by atoms with Crippen molar-refractivity contribution in [1.29, 1.82) is 0 Å². The van der Waals surface area contributed by atoms with Crippen molar-refractivity contribution in [3.63, 3.8) is 0 Å². The summed E-state index contributed by atoms with van der Waals surface area (Å²) >= 11 is 0. The van der Waals surface area contributed by atoms with Crippen LogP contribution in [0.25, 0.3) is 0 Å². The van der Waals surface area contributed by atoms with Crippen LogP contribution in [0.3, 0.4) is 0 Å². The number of carbonyl (C=O) groups is 1. The lowest BCUT2D eigenvalue weighted by molar-refractivity contribution is -0.152. The molecule has 0 saturated carbocycles. The van der Waals surface area contributed by atoms with Crippen molar-refractivity contribution >= 4 is 5.97 Å². The fraction of sp³-hybridized carbons (Fsp3) is 0.923. The molecule has 4 heteroatoms. The third-order valence-electron chi connectivity index (χ3n) is 4.40. The molecule has 0 aromatic carbocycles. The van der Waals surface area contributed by atoms with E-state index in [1.54, 1.807) is 0 Å². The van der Waals surface area contributed by atoms with E-state index < -0.39 is 5.54 Å². The standard InChI is InChI=1S/C13H24N2O2/c1-3-15-9-6-11(10-15)13(12(16)17-2)7-4-5-8-14-13/h11,14H,3-10H2,1-2H3. The molecule has 4 nitrogen and oxygen atoms in total. The van der Waals surface area contributed by atoms with Crippen LogP contribution in [0.4, 0.5) is 0 Å². The van der Waals surface area contributed by atoms with E-state index in [1.165, 1.54) is 13.5 Å². The molecule has 0 bridgehead atoms. The summed E-state index contributed by atoms with van der Waals surface area (Å²) in [6.45, 7) is 6.34. The van der Waals surface area contributed by atoms with Crippen LogP contribution in [-0.4, -0.2) is 49.7 Å². The van der Waals surface area contributed by atoms with Crippen molar-refractivity contribution < 1.29 is 9.53 Å². The molecule has 0 aromatic rings. The molecule has 2 aliphatic heterocycles. The van der Waals surface area contributed by atoms with E-state index >= 15 is 0 Å². The summed E-state index contributed by atoms with van der Waals surface area (Å²) in [7, 11) is 1.51. The maximum Gasteiger partial charge on any atom is 0.326 e. The minimum Gasteiger partial charge on any atom is -0.468 e. The Balaban J connectivity index is 2.13. The first kappa shape index (κ1) is 12.8. The second-order valence-electron chi connectivity index (χ2n) is 5.23. The van der Waals surface area contributed by atoms with Crippen molar-refractivity contribution in [3.05, 3.63) is 0 Å². The fourth-order valence-corrected chi connectivity index (χ4v) is 3.32. The Kier molecular flexibility index (Phi) is 4.05. The summed E-state index contributed by atoms with van der Waals surface area (Å²) in [6, 6.07) is 0. The maximum absolute atomic E-state index is 12.2. The molecule has 2 unspecified atom stereocenters. The molecule has 2 aliphatic rings. The predicted octanol–water partition coefficient (Wildman–Crippen LogP) is 1.01. The van der Waals surface area contributed by atoms with E-state index in [9.17, 15) is 4.79 Å². The van der Waals surface area contributed by atoms with Gasteiger partial charge < -0.3 is 15.0 Å². The number of esters is 1. The molecule has 17 heavy (non-hydrogen) atoms. The summed E-state index contributed by atoms with van der Waals surface area (Å²) < 4.78 is 5.05. The van der Waals surface area contributed by atoms with Crippen LogP contribution in [0.5, 0.6) is 0 Å². The molecule has 0 aliphatic carbocycles. The molecule has 98 valence electrons. The Morgan fingerprint density at radius 3 is 2.88 bits per heavy atom. The van der Waals surface area contributed by atoms with Crippen LogP contribution in [0.2, 0.25) is 0 Å². The zero-order chi connectivity index (χ0) is 12.3. The van der Waals surface area contributed by atoms with E-state index in [0.717, 1.165) is 45.4 Å². The molecule has 2 saturated heterocycles. The van der Waals surface area contributed by atoms with Crippen LogP contribution in [0, 0.1) is 5.92 Å². The first-order chi connectivity index (χ1) is 8.23. The van der Waals surface area contributed by atoms with Gasteiger partial charge >= 0.3 is 5.97 Å². The van der Waals surface area contributed by atoms with Gasteiger partial charge in [-0.3, -0.25) is 4.79 Å². The molecular formula is C13H24N2O2. The highest BCUT2D eigenvalue weighted by atomic mass is 16.5. The highest BCUT2D eigenvalue weighted by molar-refractivity contribution is 5.81. The third-order valence-corrected chi connectivity index (χ3v) is 4.40. The number of hydrogen-bond donors (Lipinski definition) is 1. The van der Waals surface area contributed by atoms with Gasteiger partial charge in [-0.2, -0.15) is 0 Å². The van der Waals surface area contributed by atoms with E-state index in [2.05, 4.69) is 17.1 Å². The third kappa shape index (κ3) is 2.33. The first-order valence-electron chi connectivity index (χ1n) is 6.78. The van der Waals surface area contributed by atoms with Crippen LogP contribution < -0.4 is 5.32 Å². The first-order valence-corrected chi connectivity index (χ1v) is 6.78. The van der Waals surface area contributed by atoms with E-state index in [0.29, 0.717) is 5.92 Å². The zero-order valence-electron chi connectivity index (χ0n) is 11.0. The van der Waals surface area contributed by atoms with Crippen LogP contribution in [0.15, 0.2) is 0 Å². The lowest BCUT2D eigenvalue weighted by Crippen LogP contribution is -2.60. The van der Waals surface area contributed by atoms with Gasteiger partial charge in [-0.05, 0) is 45.3 Å². The minimum absolute atomic E-state index is 0.0554. The van der Waals surface area contributed by atoms with Crippen LogP contribution in [-0.2, 0) is 9.53 Å². The SMILES string of the molecule is CCN1CCC(C2(C(=O)OC)CCCCN2)C1. The van der Waals surface area contributed by atoms with Crippen LogP contribution >= 0.6 is 0 Å². The number of rotatable bonds is 3. The van der Waals surface area contributed by atoms with E-state index in [-0.39, 0.29) is 5.97 Å². The van der Waals surface area contributed by atoms with Crippen LogP contribution in [0.1, 0.15) is 32.6 Å². The molecule has 2 fully saturated rings. The van der Waals surface area contributed by atoms with Gasteiger partial charge in [0.2, 0.25) is 0 Å². The highest BCUT2D eigenvalue weighted by Gasteiger charge is 2.49. The molecule has 0 spiro atoms. The Bertz CT molecular complexity index is 275. The molecule has 0 radical (unpaired) electrons. The Labute approximate surface area is 104 Å². The quantitative estimate of drug-likeness (QED) is 0.748. The lowest BCUT2D eigenvalue weighted by atomic mass is 9.77. The average molecular weight is 240 g/mol. The summed E-state index contributed by atoms with van der Waals surface area (Å²) in [5.41, 5.74) is -0.406. The van der Waals surface area contributed by atoms with E-state index in [4.69, 9.17) is 4.74 Å². The highest BCUT2D eigenvalue weighted by Crippen LogP contribution is 2.34. The normalized spacial score (nSPS) is 34.8.